The zero-order chi connectivity index (χ0) is 24.8. The molecule has 0 radical (unpaired) electrons. The summed E-state index contributed by atoms with van der Waals surface area (Å²) in [4.78, 5) is 40.8. The van der Waals surface area contributed by atoms with Gasteiger partial charge in [-0.1, -0.05) is 44.2 Å². The molecule has 0 bridgehead atoms. The number of phenols is 1. The molecule has 0 spiro atoms. The molecule has 0 saturated carbocycles. The lowest BCUT2D eigenvalue weighted by molar-refractivity contribution is -0.142. The topological polar surface area (TPSA) is 158 Å². The molecule has 0 saturated heterocycles. The summed E-state index contributed by atoms with van der Waals surface area (Å²) in [6.45, 7) is 3.59. The number of hydrogen-bond acceptors (Lipinski definition) is 5. The Morgan fingerprint density at radius 3 is 2.24 bits per heavy atom. The number of aromatic amines is 1. The average Bonchev–Trinajstić information content (AvgIpc) is 3.21. The van der Waals surface area contributed by atoms with E-state index in [1.807, 2.05) is 24.3 Å². The number of carboxylic acids is 1. The van der Waals surface area contributed by atoms with E-state index < -0.39 is 35.9 Å². The third-order valence-corrected chi connectivity index (χ3v) is 5.74. The number of H-pyrrole nitrogens is 1. The number of aliphatic carboxylic acids is 1. The zero-order valence-electron chi connectivity index (χ0n) is 19.1. The van der Waals surface area contributed by atoms with Crippen molar-refractivity contribution in [3.8, 4) is 5.75 Å². The third kappa shape index (κ3) is 6.14. The molecule has 9 heteroatoms. The van der Waals surface area contributed by atoms with Crippen molar-refractivity contribution in [1.82, 2.24) is 15.6 Å². The Kier molecular flexibility index (Phi) is 7.91. The van der Waals surface area contributed by atoms with E-state index in [1.165, 1.54) is 12.1 Å². The van der Waals surface area contributed by atoms with Gasteiger partial charge in [0.1, 0.15) is 17.8 Å². The summed E-state index contributed by atoms with van der Waals surface area (Å²) in [5, 5.41) is 25.4. The van der Waals surface area contributed by atoms with E-state index in [-0.39, 0.29) is 24.5 Å². The van der Waals surface area contributed by atoms with E-state index >= 15 is 0 Å². The molecule has 9 nitrogen and oxygen atoms in total. The second-order valence-corrected chi connectivity index (χ2v) is 8.66. The summed E-state index contributed by atoms with van der Waals surface area (Å²) in [6.07, 6.45) is 1.89. The highest BCUT2D eigenvalue weighted by atomic mass is 16.4. The van der Waals surface area contributed by atoms with E-state index in [0.717, 1.165) is 16.5 Å². The molecule has 0 fully saturated rings. The van der Waals surface area contributed by atoms with Crippen molar-refractivity contribution in [2.24, 2.45) is 11.7 Å². The Morgan fingerprint density at radius 2 is 1.59 bits per heavy atom. The van der Waals surface area contributed by atoms with Crippen molar-refractivity contribution in [3.63, 3.8) is 0 Å². The van der Waals surface area contributed by atoms with Gasteiger partial charge >= 0.3 is 5.97 Å². The quantitative estimate of drug-likeness (QED) is 0.267. The second-order valence-electron chi connectivity index (χ2n) is 8.66. The minimum atomic E-state index is -1.20. The number of hydrogen-bond donors (Lipinski definition) is 6. The number of amides is 2. The van der Waals surface area contributed by atoms with Gasteiger partial charge in [-0.05, 0) is 35.2 Å². The Labute approximate surface area is 197 Å². The number of carbonyl (C=O) groups excluding carboxylic acids is 2. The van der Waals surface area contributed by atoms with Gasteiger partial charge in [-0.3, -0.25) is 9.59 Å². The van der Waals surface area contributed by atoms with Crippen LogP contribution in [0.15, 0.2) is 54.7 Å². The molecule has 3 atom stereocenters. The van der Waals surface area contributed by atoms with Crippen LogP contribution in [0.4, 0.5) is 0 Å². The number of benzene rings is 2. The highest BCUT2D eigenvalue weighted by Crippen LogP contribution is 2.19. The minimum absolute atomic E-state index is 0.0659. The summed E-state index contributed by atoms with van der Waals surface area (Å²) in [6, 6.07) is 10.6. The van der Waals surface area contributed by atoms with Crippen molar-refractivity contribution in [2.45, 2.75) is 44.8 Å². The van der Waals surface area contributed by atoms with Crippen LogP contribution in [0.2, 0.25) is 0 Å². The number of nitrogens with one attached hydrogen (secondary N) is 3. The number of nitrogens with two attached hydrogens (primary N) is 1. The third-order valence-electron chi connectivity index (χ3n) is 5.74. The van der Waals surface area contributed by atoms with Crippen LogP contribution in [0.1, 0.15) is 25.0 Å². The zero-order valence-corrected chi connectivity index (χ0v) is 19.1. The number of carbonyl (C=O) groups is 3. The van der Waals surface area contributed by atoms with Gasteiger partial charge in [-0.15, -0.1) is 0 Å². The molecule has 1 aromatic heterocycles. The Hall–Kier alpha value is -3.85. The standard InChI is InChI=1S/C25H30N4O5/c1-14(2)22(26)24(32)28-20(11-15-7-9-17(30)10-8-15)23(31)29-21(25(33)34)12-16-13-27-19-6-4-3-5-18(16)19/h3-10,13-14,20-22,27,30H,11-12,26H2,1-2H3,(H,28,32)(H,29,31)(H,33,34)/t20-,21-,22-/m0/s1. The molecule has 0 aliphatic carbocycles. The normalized spacial score (nSPS) is 13.9. The second kappa shape index (κ2) is 10.8. The van der Waals surface area contributed by atoms with Gasteiger partial charge in [0.05, 0.1) is 6.04 Å². The van der Waals surface area contributed by atoms with E-state index in [0.29, 0.717) is 5.56 Å². The van der Waals surface area contributed by atoms with Crippen molar-refractivity contribution in [3.05, 3.63) is 65.9 Å². The van der Waals surface area contributed by atoms with Gasteiger partial charge in [0.2, 0.25) is 11.8 Å². The lowest BCUT2D eigenvalue weighted by Gasteiger charge is -2.24. The summed E-state index contributed by atoms with van der Waals surface area (Å²) in [7, 11) is 0. The molecule has 0 aliphatic heterocycles. The van der Waals surface area contributed by atoms with Crippen LogP contribution in [0.25, 0.3) is 10.9 Å². The predicted molar refractivity (Wildman–Crippen MR) is 128 cm³/mol. The van der Waals surface area contributed by atoms with Crippen LogP contribution in [0.3, 0.4) is 0 Å². The molecule has 180 valence electrons. The maximum Gasteiger partial charge on any atom is 0.326 e. The monoisotopic (exact) mass is 466 g/mol. The van der Waals surface area contributed by atoms with Crippen LogP contribution < -0.4 is 16.4 Å². The molecular weight excluding hydrogens is 436 g/mol. The van der Waals surface area contributed by atoms with Crippen molar-refractivity contribution in [2.75, 3.05) is 0 Å². The van der Waals surface area contributed by atoms with Gasteiger partial charge in [0.25, 0.3) is 0 Å². The first-order valence-electron chi connectivity index (χ1n) is 11.1. The van der Waals surface area contributed by atoms with E-state index in [2.05, 4.69) is 15.6 Å². The molecule has 2 aromatic carbocycles. The number of phenolic OH excluding ortho intramolecular Hbond substituents is 1. The van der Waals surface area contributed by atoms with Crippen LogP contribution in [0, 0.1) is 5.92 Å². The highest BCUT2D eigenvalue weighted by molar-refractivity contribution is 5.92. The van der Waals surface area contributed by atoms with Crippen molar-refractivity contribution in [1.29, 1.82) is 0 Å². The van der Waals surface area contributed by atoms with Crippen LogP contribution >= 0.6 is 0 Å². The molecule has 3 rings (SSSR count). The summed E-state index contributed by atoms with van der Waals surface area (Å²) in [5.41, 5.74) is 8.24. The van der Waals surface area contributed by atoms with Crippen LogP contribution in [0.5, 0.6) is 5.75 Å². The lowest BCUT2D eigenvalue weighted by atomic mass is 10.0. The van der Waals surface area contributed by atoms with Gasteiger partial charge in [-0.25, -0.2) is 4.79 Å². The predicted octanol–water partition coefficient (Wildman–Crippen LogP) is 1.70. The fraction of sp³-hybridized carbons (Fsp3) is 0.320. The van der Waals surface area contributed by atoms with Crippen LogP contribution in [-0.4, -0.2) is 51.1 Å². The first kappa shape index (κ1) is 24.8. The first-order valence-corrected chi connectivity index (χ1v) is 11.1. The average molecular weight is 467 g/mol. The van der Waals surface area contributed by atoms with Crippen molar-refractivity contribution < 1.29 is 24.6 Å². The van der Waals surface area contributed by atoms with E-state index in [9.17, 15) is 24.6 Å². The maximum absolute atomic E-state index is 13.2. The summed E-state index contributed by atoms with van der Waals surface area (Å²) in [5.74, 6) is -2.40. The fourth-order valence-electron chi connectivity index (χ4n) is 3.64. The molecular formula is C25H30N4O5. The number of rotatable bonds is 10. The van der Waals surface area contributed by atoms with Gasteiger partial charge in [0, 0.05) is 29.9 Å². The molecule has 7 N–H and O–H groups in total. The molecule has 0 aliphatic rings. The minimum Gasteiger partial charge on any atom is -0.508 e. The summed E-state index contributed by atoms with van der Waals surface area (Å²) < 4.78 is 0. The maximum atomic E-state index is 13.2. The smallest absolute Gasteiger partial charge is 0.326 e. The first-order chi connectivity index (χ1) is 16.2. The lowest BCUT2D eigenvalue weighted by Crippen LogP contribution is -2.56. The number of para-hydroxylation sites is 1. The number of fused-ring (bicyclic) bond motifs is 1. The van der Waals surface area contributed by atoms with E-state index in [4.69, 9.17) is 5.73 Å². The number of aromatic nitrogens is 1. The SMILES string of the molecule is CC(C)[C@H](N)C(=O)N[C@@H](Cc1ccc(O)cc1)C(=O)N[C@@H](Cc1c[nH]c2ccccc12)C(=O)O. The Bertz CT molecular complexity index is 1160. The van der Waals surface area contributed by atoms with E-state index in [1.54, 1.807) is 32.2 Å². The number of aromatic hydroxyl groups is 1. The highest BCUT2D eigenvalue weighted by Gasteiger charge is 2.29. The molecule has 2 amide bonds. The molecule has 3 aromatic rings. The Balaban J connectivity index is 1.79. The van der Waals surface area contributed by atoms with Gasteiger partial charge in [-0.2, -0.15) is 0 Å². The fourth-order valence-corrected chi connectivity index (χ4v) is 3.64. The summed E-state index contributed by atoms with van der Waals surface area (Å²) >= 11 is 0. The molecule has 34 heavy (non-hydrogen) atoms. The van der Waals surface area contributed by atoms with Crippen molar-refractivity contribution >= 4 is 28.7 Å². The van der Waals surface area contributed by atoms with Crippen LogP contribution in [-0.2, 0) is 27.2 Å². The Morgan fingerprint density at radius 1 is 0.941 bits per heavy atom. The van der Waals surface area contributed by atoms with Gasteiger partial charge in [0.15, 0.2) is 0 Å². The molecule has 1 heterocycles. The van der Waals surface area contributed by atoms with Gasteiger partial charge < -0.3 is 31.6 Å². The largest absolute Gasteiger partial charge is 0.508 e. The number of carboxylic acid groups (broad SMARTS) is 1. The molecule has 0 unspecified atom stereocenters.